The van der Waals surface area contributed by atoms with Gasteiger partial charge in [-0.3, -0.25) is 9.52 Å². The number of hydrogen-bond donors (Lipinski definition) is 4. The molecule has 3 aromatic carbocycles. The molecule has 12 heteroatoms. The Bertz CT molecular complexity index is 1390. The summed E-state index contributed by atoms with van der Waals surface area (Å²) in [5.74, 6) is -4.07. The SMILES string of the molecule is C/C(=C\c1cc(F)c(Oc2ccc(S(=O)(=O)Nc3ccc(O)cc3)cc2)c(F)c1)C(=O)N=C(N)N. The molecule has 35 heavy (non-hydrogen) atoms. The highest BCUT2D eigenvalue weighted by atomic mass is 32.2. The first-order valence-corrected chi connectivity index (χ1v) is 11.3. The average Bonchev–Trinajstić information content (AvgIpc) is 2.77. The van der Waals surface area contributed by atoms with Gasteiger partial charge < -0.3 is 21.3 Å². The fraction of sp³-hybridized carbons (Fsp3) is 0.0435. The summed E-state index contributed by atoms with van der Waals surface area (Å²) < 4.78 is 61.7. The zero-order valence-corrected chi connectivity index (χ0v) is 19.0. The first-order valence-electron chi connectivity index (χ1n) is 9.85. The lowest BCUT2D eigenvalue weighted by Gasteiger charge is -2.11. The summed E-state index contributed by atoms with van der Waals surface area (Å²) in [5, 5.41) is 9.29. The van der Waals surface area contributed by atoms with Gasteiger partial charge in [-0.1, -0.05) is 0 Å². The van der Waals surface area contributed by atoms with Crippen molar-refractivity contribution < 1.29 is 31.8 Å². The van der Waals surface area contributed by atoms with Crippen molar-refractivity contribution in [2.24, 2.45) is 16.5 Å². The fourth-order valence-electron chi connectivity index (χ4n) is 2.83. The highest BCUT2D eigenvalue weighted by Gasteiger charge is 2.17. The van der Waals surface area contributed by atoms with E-state index in [-0.39, 0.29) is 33.2 Å². The molecule has 0 heterocycles. The maximum atomic E-state index is 14.5. The molecule has 3 aromatic rings. The number of carbonyl (C=O) groups excluding carboxylic acids is 1. The number of guanidine groups is 1. The Morgan fingerprint density at radius 1 is 1.03 bits per heavy atom. The third-order valence-corrected chi connectivity index (χ3v) is 5.84. The van der Waals surface area contributed by atoms with Crippen molar-refractivity contribution in [1.29, 1.82) is 0 Å². The Labute approximate surface area is 199 Å². The van der Waals surface area contributed by atoms with Crippen LogP contribution in [0.1, 0.15) is 12.5 Å². The van der Waals surface area contributed by atoms with Crippen LogP contribution in [0.4, 0.5) is 14.5 Å². The summed E-state index contributed by atoms with van der Waals surface area (Å²) in [6, 6.07) is 12.2. The van der Waals surface area contributed by atoms with E-state index in [1.807, 2.05) is 0 Å². The van der Waals surface area contributed by atoms with Gasteiger partial charge in [-0.2, -0.15) is 4.99 Å². The van der Waals surface area contributed by atoms with Crippen LogP contribution in [-0.4, -0.2) is 25.4 Å². The van der Waals surface area contributed by atoms with Gasteiger partial charge in [0.2, 0.25) is 0 Å². The summed E-state index contributed by atoms with van der Waals surface area (Å²) in [4.78, 5) is 15.0. The molecule has 182 valence electrons. The lowest BCUT2D eigenvalue weighted by atomic mass is 10.1. The highest BCUT2D eigenvalue weighted by Crippen LogP contribution is 2.30. The molecule has 0 atom stereocenters. The fourth-order valence-corrected chi connectivity index (χ4v) is 3.88. The molecule has 0 aromatic heterocycles. The average molecular weight is 502 g/mol. The van der Waals surface area contributed by atoms with E-state index in [4.69, 9.17) is 16.2 Å². The number of ether oxygens (including phenoxy) is 1. The molecule has 0 bridgehead atoms. The maximum Gasteiger partial charge on any atom is 0.275 e. The maximum absolute atomic E-state index is 14.5. The molecule has 0 saturated carbocycles. The largest absolute Gasteiger partial charge is 0.508 e. The Morgan fingerprint density at radius 3 is 2.14 bits per heavy atom. The van der Waals surface area contributed by atoms with Crippen LogP contribution in [0.5, 0.6) is 17.2 Å². The Hall–Kier alpha value is -4.45. The van der Waals surface area contributed by atoms with Gasteiger partial charge in [0, 0.05) is 11.3 Å². The van der Waals surface area contributed by atoms with Crippen LogP contribution in [0.2, 0.25) is 0 Å². The highest BCUT2D eigenvalue weighted by molar-refractivity contribution is 7.92. The minimum Gasteiger partial charge on any atom is -0.508 e. The van der Waals surface area contributed by atoms with Crippen molar-refractivity contribution >= 4 is 33.7 Å². The minimum atomic E-state index is -3.96. The molecule has 0 spiro atoms. The second-order valence-electron chi connectivity index (χ2n) is 7.21. The molecular weight excluding hydrogens is 482 g/mol. The topological polar surface area (TPSA) is 157 Å². The van der Waals surface area contributed by atoms with E-state index in [0.717, 1.165) is 12.1 Å². The van der Waals surface area contributed by atoms with E-state index in [1.54, 1.807) is 0 Å². The van der Waals surface area contributed by atoms with Crippen LogP contribution >= 0.6 is 0 Å². The standard InChI is InChI=1S/C23H20F2N4O5S/c1-13(22(31)28-23(26)27)10-14-11-19(24)21(20(25)12-14)34-17-6-8-18(9-7-17)35(32,33)29-15-2-4-16(30)5-3-15/h2-12,29-30H,1H3,(H4,26,27,28,31)/b13-10+. The van der Waals surface area contributed by atoms with Crippen molar-refractivity contribution in [3.8, 4) is 17.2 Å². The molecule has 9 nitrogen and oxygen atoms in total. The third kappa shape index (κ3) is 6.54. The Morgan fingerprint density at radius 2 is 1.60 bits per heavy atom. The predicted octanol–water partition coefficient (Wildman–Crippen LogP) is 3.47. The van der Waals surface area contributed by atoms with E-state index in [9.17, 15) is 27.1 Å². The lowest BCUT2D eigenvalue weighted by Crippen LogP contribution is -2.24. The minimum absolute atomic E-state index is 0.0196. The number of hydrogen-bond acceptors (Lipinski definition) is 5. The van der Waals surface area contributed by atoms with Gasteiger partial charge in [0.25, 0.3) is 15.9 Å². The number of phenolic OH excluding ortho intramolecular Hbond substituents is 1. The number of anilines is 1. The Kier molecular flexibility index (Phi) is 7.35. The van der Waals surface area contributed by atoms with Crippen LogP contribution < -0.4 is 20.9 Å². The molecule has 0 saturated heterocycles. The quantitative estimate of drug-likeness (QED) is 0.167. The number of benzene rings is 3. The van der Waals surface area contributed by atoms with Crippen molar-refractivity contribution in [2.45, 2.75) is 11.8 Å². The van der Waals surface area contributed by atoms with E-state index >= 15 is 0 Å². The summed E-state index contributed by atoms with van der Waals surface area (Å²) >= 11 is 0. The normalized spacial score (nSPS) is 11.6. The number of amides is 1. The van der Waals surface area contributed by atoms with Crippen LogP contribution in [0.15, 0.2) is 76.1 Å². The van der Waals surface area contributed by atoms with Crippen LogP contribution in [0, 0.1) is 11.6 Å². The molecule has 0 aliphatic heterocycles. The van der Waals surface area contributed by atoms with Gasteiger partial charge in [-0.15, -0.1) is 0 Å². The number of nitrogens with one attached hydrogen (secondary N) is 1. The third-order valence-electron chi connectivity index (χ3n) is 4.45. The smallest absolute Gasteiger partial charge is 0.275 e. The molecule has 1 amide bonds. The van der Waals surface area contributed by atoms with Gasteiger partial charge in [0.05, 0.1) is 4.90 Å². The summed E-state index contributed by atoms with van der Waals surface area (Å²) in [7, 11) is -3.96. The number of aliphatic imine (C=N–C) groups is 1. The number of carbonyl (C=O) groups is 1. The van der Waals surface area contributed by atoms with Crippen molar-refractivity contribution in [3.05, 3.63) is 83.4 Å². The molecule has 6 N–H and O–H groups in total. The number of sulfonamides is 1. The molecule has 3 rings (SSSR count). The summed E-state index contributed by atoms with van der Waals surface area (Å²) in [6.07, 6.45) is 1.20. The van der Waals surface area contributed by atoms with Crippen LogP contribution in [0.3, 0.4) is 0 Å². The van der Waals surface area contributed by atoms with E-state index in [1.165, 1.54) is 61.5 Å². The van der Waals surface area contributed by atoms with Gasteiger partial charge in [0.1, 0.15) is 11.5 Å². The molecule has 0 radical (unpaired) electrons. The van der Waals surface area contributed by atoms with Gasteiger partial charge in [-0.25, -0.2) is 17.2 Å². The second kappa shape index (κ2) is 10.2. The van der Waals surface area contributed by atoms with E-state index < -0.39 is 39.3 Å². The molecule has 0 fully saturated rings. The van der Waals surface area contributed by atoms with Gasteiger partial charge in [-0.05, 0) is 79.2 Å². The van der Waals surface area contributed by atoms with Crippen molar-refractivity contribution in [2.75, 3.05) is 4.72 Å². The number of phenols is 1. The summed E-state index contributed by atoms with van der Waals surface area (Å²) in [5.41, 5.74) is 10.6. The van der Waals surface area contributed by atoms with Crippen molar-refractivity contribution in [1.82, 2.24) is 0 Å². The first kappa shape index (κ1) is 25.2. The number of aromatic hydroxyl groups is 1. The second-order valence-corrected chi connectivity index (χ2v) is 8.89. The first-order chi connectivity index (χ1) is 16.4. The van der Waals surface area contributed by atoms with Crippen LogP contribution in [0.25, 0.3) is 6.08 Å². The summed E-state index contributed by atoms with van der Waals surface area (Å²) in [6.45, 7) is 1.38. The molecule has 0 aliphatic rings. The number of rotatable bonds is 7. The molecular formula is C23H20F2N4O5S. The van der Waals surface area contributed by atoms with Crippen molar-refractivity contribution in [3.63, 3.8) is 0 Å². The zero-order chi connectivity index (χ0) is 25.8. The lowest BCUT2D eigenvalue weighted by molar-refractivity contribution is -0.114. The van der Waals surface area contributed by atoms with E-state index in [0.29, 0.717) is 0 Å². The molecule has 0 unspecified atom stereocenters. The zero-order valence-electron chi connectivity index (χ0n) is 18.2. The molecule has 0 aliphatic carbocycles. The predicted molar refractivity (Wildman–Crippen MR) is 126 cm³/mol. The van der Waals surface area contributed by atoms with Gasteiger partial charge >= 0.3 is 0 Å². The number of nitrogens with zero attached hydrogens (tertiary/aromatic N) is 1. The monoisotopic (exact) mass is 502 g/mol. The van der Waals surface area contributed by atoms with Gasteiger partial charge in [0.15, 0.2) is 23.3 Å². The Balaban J connectivity index is 1.77. The van der Waals surface area contributed by atoms with E-state index in [2.05, 4.69) is 9.71 Å². The number of nitrogens with two attached hydrogens (primary N) is 2. The van der Waals surface area contributed by atoms with Crippen LogP contribution in [-0.2, 0) is 14.8 Å². The number of halogens is 2.